The van der Waals surface area contributed by atoms with Gasteiger partial charge in [0, 0.05) is 4.90 Å². The maximum absolute atomic E-state index is 12.8. The Kier molecular flexibility index (Phi) is 5.50. The molecule has 0 fully saturated rings. The molecule has 0 aliphatic heterocycles. The number of thioether (sulfide) groups is 1. The number of carbonyl (C=O) groups is 2. The van der Waals surface area contributed by atoms with Gasteiger partial charge in [0.1, 0.15) is 5.25 Å². The SMILES string of the molecule is NC(=O)NC(=O)C(Sc1cccc(C(F)(F)F)c1)c1ccccc1. The van der Waals surface area contributed by atoms with Gasteiger partial charge in [-0.25, -0.2) is 4.79 Å². The molecule has 1 unspecified atom stereocenters. The molecule has 0 bridgehead atoms. The minimum Gasteiger partial charge on any atom is -0.351 e. The third kappa shape index (κ3) is 4.76. The van der Waals surface area contributed by atoms with E-state index < -0.39 is 28.9 Å². The Balaban J connectivity index is 2.32. The van der Waals surface area contributed by atoms with Crippen LogP contribution in [-0.2, 0) is 11.0 Å². The lowest BCUT2D eigenvalue weighted by Crippen LogP contribution is -2.37. The highest BCUT2D eigenvalue weighted by molar-refractivity contribution is 8.00. The van der Waals surface area contributed by atoms with Crippen molar-refractivity contribution in [3.63, 3.8) is 0 Å². The average molecular weight is 354 g/mol. The summed E-state index contributed by atoms with van der Waals surface area (Å²) >= 11 is 0.902. The van der Waals surface area contributed by atoms with Crippen LogP contribution in [0.3, 0.4) is 0 Å². The maximum Gasteiger partial charge on any atom is 0.416 e. The summed E-state index contributed by atoms with van der Waals surface area (Å²) in [6, 6.07) is 12.0. The molecule has 2 rings (SSSR count). The molecule has 0 aromatic heterocycles. The molecule has 1 atom stereocenters. The van der Waals surface area contributed by atoms with Crippen LogP contribution in [0.5, 0.6) is 0 Å². The molecular formula is C16H13F3N2O2S. The van der Waals surface area contributed by atoms with E-state index in [-0.39, 0.29) is 4.90 Å². The molecule has 24 heavy (non-hydrogen) atoms. The Morgan fingerprint density at radius 1 is 1.04 bits per heavy atom. The summed E-state index contributed by atoms with van der Waals surface area (Å²) < 4.78 is 38.4. The van der Waals surface area contributed by atoms with Crippen molar-refractivity contribution in [2.45, 2.75) is 16.3 Å². The number of benzene rings is 2. The molecule has 0 spiro atoms. The molecule has 3 N–H and O–H groups in total. The van der Waals surface area contributed by atoms with Gasteiger partial charge in [0.25, 0.3) is 0 Å². The fourth-order valence-corrected chi connectivity index (χ4v) is 3.05. The van der Waals surface area contributed by atoms with Gasteiger partial charge in [-0.1, -0.05) is 36.4 Å². The monoisotopic (exact) mass is 354 g/mol. The molecule has 0 aliphatic rings. The van der Waals surface area contributed by atoms with Crippen LogP contribution in [0, 0.1) is 0 Å². The van der Waals surface area contributed by atoms with E-state index in [4.69, 9.17) is 5.73 Å². The number of halogens is 3. The standard InChI is InChI=1S/C16H13F3N2O2S/c17-16(18,19)11-7-4-8-12(9-11)24-13(14(22)21-15(20)23)10-5-2-1-3-6-10/h1-9,13H,(H3,20,21,22,23). The number of primary amides is 1. The predicted molar refractivity (Wildman–Crippen MR) is 84.2 cm³/mol. The first kappa shape index (κ1) is 17.9. The molecule has 126 valence electrons. The number of rotatable bonds is 4. The van der Waals surface area contributed by atoms with Crippen molar-refractivity contribution in [2.75, 3.05) is 0 Å². The number of hydrogen-bond donors (Lipinski definition) is 2. The number of hydrogen-bond acceptors (Lipinski definition) is 3. The van der Waals surface area contributed by atoms with Gasteiger partial charge in [-0.2, -0.15) is 13.2 Å². The smallest absolute Gasteiger partial charge is 0.351 e. The minimum atomic E-state index is -4.48. The molecule has 0 saturated carbocycles. The highest BCUT2D eigenvalue weighted by atomic mass is 32.2. The quantitative estimate of drug-likeness (QED) is 0.822. The molecule has 4 nitrogen and oxygen atoms in total. The summed E-state index contributed by atoms with van der Waals surface area (Å²) in [5.41, 5.74) is 4.68. The lowest BCUT2D eigenvalue weighted by atomic mass is 10.1. The van der Waals surface area contributed by atoms with Gasteiger partial charge in [-0.3, -0.25) is 10.1 Å². The van der Waals surface area contributed by atoms with Crippen LogP contribution in [0.15, 0.2) is 59.5 Å². The van der Waals surface area contributed by atoms with Gasteiger partial charge < -0.3 is 5.73 Å². The third-order valence-corrected chi connectivity index (χ3v) is 4.25. The zero-order valence-corrected chi connectivity index (χ0v) is 13.0. The molecular weight excluding hydrogens is 341 g/mol. The summed E-state index contributed by atoms with van der Waals surface area (Å²) in [5, 5.41) is 1.05. The summed E-state index contributed by atoms with van der Waals surface area (Å²) in [7, 11) is 0. The highest BCUT2D eigenvalue weighted by Gasteiger charge is 2.31. The second-order valence-electron chi connectivity index (χ2n) is 4.79. The van der Waals surface area contributed by atoms with Crippen LogP contribution in [0.2, 0.25) is 0 Å². The van der Waals surface area contributed by atoms with Crippen molar-refractivity contribution < 1.29 is 22.8 Å². The highest BCUT2D eigenvalue weighted by Crippen LogP contribution is 2.38. The normalized spacial score (nSPS) is 12.5. The van der Waals surface area contributed by atoms with Crippen molar-refractivity contribution in [3.8, 4) is 0 Å². The zero-order valence-electron chi connectivity index (χ0n) is 12.2. The molecule has 2 aromatic carbocycles. The van der Waals surface area contributed by atoms with Crippen LogP contribution < -0.4 is 11.1 Å². The van der Waals surface area contributed by atoms with Crippen LogP contribution in [0.1, 0.15) is 16.4 Å². The maximum atomic E-state index is 12.8. The third-order valence-electron chi connectivity index (χ3n) is 3.00. The van der Waals surface area contributed by atoms with Crippen molar-refractivity contribution in [1.82, 2.24) is 5.32 Å². The molecule has 8 heteroatoms. The number of urea groups is 1. The summed E-state index contributed by atoms with van der Waals surface area (Å²) in [4.78, 5) is 23.3. The van der Waals surface area contributed by atoms with Crippen molar-refractivity contribution in [1.29, 1.82) is 0 Å². The van der Waals surface area contributed by atoms with Gasteiger partial charge in [0.15, 0.2) is 0 Å². The Morgan fingerprint density at radius 3 is 2.29 bits per heavy atom. The Hall–Kier alpha value is -2.48. The molecule has 0 radical (unpaired) electrons. The summed E-state index contributed by atoms with van der Waals surface area (Å²) in [5.74, 6) is -0.698. The van der Waals surface area contributed by atoms with Crippen LogP contribution in [0.25, 0.3) is 0 Å². The second kappa shape index (κ2) is 7.39. The number of amides is 3. The first-order valence-electron chi connectivity index (χ1n) is 6.76. The Labute approximate surface area is 140 Å². The number of nitrogens with one attached hydrogen (secondary N) is 1. The largest absolute Gasteiger partial charge is 0.416 e. The first-order chi connectivity index (χ1) is 11.3. The average Bonchev–Trinajstić information content (AvgIpc) is 2.52. The van der Waals surface area contributed by atoms with Crippen LogP contribution in [0.4, 0.5) is 18.0 Å². The fraction of sp³-hybridized carbons (Fsp3) is 0.125. The van der Waals surface area contributed by atoms with E-state index in [1.54, 1.807) is 30.3 Å². The van der Waals surface area contributed by atoms with E-state index in [1.165, 1.54) is 12.1 Å². The van der Waals surface area contributed by atoms with Crippen LogP contribution >= 0.6 is 11.8 Å². The number of alkyl halides is 3. The van der Waals surface area contributed by atoms with Gasteiger partial charge >= 0.3 is 12.2 Å². The molecule has 2 aromatic rings. The number of carbonyl (C=O) groups excluding carboxylic acids is 2. The first-order valence-corrected chi connectivity index (χ1v) is 7.64. The van der Waals surface area contributed by atoms with Crippen molar-refractivity contribution in [3.05, 3.63) is 65.7 Å². The van der Waals surface area contributed by atoms with Gasteiger partial charge in [-0.15, -0.1) is 11.8 Å². The van der Waals surface area contributed by atoms with E-state index >= 15 is 0 Å². The summed E-state index contributed by atoms with van der Waals surface area (Å²) in [6.07, 6.45) is -4.48. The minimum absolute atomic E-state index is 0.248. The fourth-order valence-electron chi connectivity index (χ4n) is 1.97. The van der Waals surface area contributed by atoms with Gasteiger partial charge in [0.05, 0.1) is 5.56 Å². The Morgan fingerprint density at radius 2 is 1.71 bits per heavy atom. The molecule has 0 aliphatic carbocycles. The van der Waals surface area contributed by atoms with E-state index in [0.717, 1.165) is 23.9 Å². The van der Waals surface area contributed by atoms with Crippen LogP contribution in [-0.4, -0.2) is 11.9 Å². The van der Waals surface area contributed by atoms with E-state index in [0.29, 0.717) is 5.56 Å². The number of nitrogens with two attached hydrogens (primary N) is 1. The van der Waals surface area contributed by atoms with Gasteiger partial charge in [-0.05, 0) is 23.8 Å². The lowest BCUT2D eigenvalue weighted by Gasteiger charge is -2.16. The Bertz CT molecular complexity index is 736. The van der Waals surface area contributed by atoms with Gasteiger partial charge in [0.2, 0.25) is 5.91 Å². The van der Waals surface area contributed by atoms with E-state index in [9.17, 15) is 22.8 Å². The van der Waals surface area contributed by atoms with Crippen molar-refractivity contribution in [2.24, 2.45) is 5.73 Å². The predicted octanol–water partition coefficient (Wildman–Crippen LogP) is 3.73. The molecule has 0 heterocycles. The van der Waals surface area contributed by atoms with E-state index in [1.807, 2.05) is 5.32 Å². The molecule has 0 saturated heterocycles. The second-order valence-corrected chi connectivity index (χ2v) is 5.97. The van der Waals surface area contributed by atoms with Crippen molar-refractivity contribution >= 4 is 23.7 Å². The summed E-state index contributed by atoms with van der Waals surface area (Å²) in [6.45, 7) is 0. The topological polar surface area (TPSA) is 72.2 Å². The molecule has 3 amide bonds. The number of imide groups is 1. The van der Waals surface area contributed by atoms with E-state index in [2.05, 4.69) is 0 Å². The lowest BCUT2D eigenvalue weighted by molar-refractivity contribution is -0.137. The zero-order chi connectivity index (χ0) is 17.7.